The molecule has 0 bridgehead atoms. The molecule has 1 aromatic heterocycles. The number of hydrogen-bond donors (Lipinski definition) is 3. The Morgan fingerprint density at radius 3 is 2.15 bits per heavy atom. The zero-order chi connectivity index (χ0) is 34.9. The Morgan fingerprint density at radius 1 is 1.04 bits per heavy atom. The lowest BCUT2D eigenvalue weighted by Gasteiger charge is -2.19. The molecule has 10 nitrogen and oxygen atoms in total. The average Bonchev–Trinajstić information content (AvgIpc) is 3.71. The Bertz CT molecular complexity index is 1370. The van der Waals surface area contributed by atoms with E-state index in [0.717, 1.165) is 42.4 Å². The monoisotopic (exact) mass is 651 g/mol. The van der Waals surface area contributed by atoms with Crippen molar-refractivity contribution in [2.24, 2.45) is 5.92 Å². The van der Waals surface area contributed by atoms with Crippen LogP contribution < -0.4 is 20.1 Å². The normalized spacial score (nSPS) is 12.6. The summed E-state index contributed by atoms with van der Waals surface area (Å²) in [5.74, 6) is 0.563. The number of hydrogen-bond acceptors (Lipinski definition) is 7. The van der Waals surface area contributed by atoms with Gasteiger partial charge in [0, 0.05) is 12.2 Å². The third-order valence-electron chi connectivity index (χ3n) is 7.66. The van der Waals surface area contributed by atoms with E-state index in [9.17, 15) is 9.59 Å². The van der Waals surface area contributed by atoms with Gasteiger partial charge in [-0.2, -0.15) is 5.10 Å². The van der Waals surface area contributed by atoms with Gasteiger partial charge in [-0.15, -0.1) is 0 Å². The number of aromatic nitrogens is 2. The molecular formula is C37H57N5O5. The van der Waals surface area contributed by atoms with Crippen LogP contribution in [0.1, 0.15) is 95.1 Å². The van der Waals surface area contributed by atoms with E-state index >= 15 is 0 Å². The highest BCUT2D eigenvalue weighted by molar-refractivity contribution is 5.95. The SMILES string of the molecule is CC1CCCC1.CCC.COc1cccc(OC)c1-c1cc(C(=O)NCC(=O)O)nn1-c1ccc(NCCCN(C)C)cc1C(C)C. The molecule has 1 fully saturated rings. The predicted molar refractivity (Wildman–Crippen MR) is 191 cm³/mol. The number of ether oxygens (including phenoxy) is 2. The largest absolute Gasteiger partial charge is 0.496 e. The second-order valence-corrected chi connectivity index (χ2v) is 12.5. The Labute approximate surface area is 281 Å². The Hall–Kier alpha value is -4.05. The number of amides is 1. The minimum atomic E-state index is -1.14. The van der Waals surface area contributed by atoms with Gasteiger partial charge < -0.3 is 30.1 Å². The van der Waals surface area contributed by atoms with Crippen molar-refractivity contribution >= 4 is 17.6 Å². The van der Waals surface area contributed by atoms with Gasteiger partial charge in [-0.3, -0.25) is 9.59 Å². The fraction of sp³-hybridized carbons (Fsp3) is 0.541. The summed E-state index contributed by atoms with van der Waals surface area (Å²) in [6.07, 6.45) is 8.21. The Balaban J connectivity index is 0.000000742. The average molecular weight is 652 g/mol. The fourth-order valence-electron chi connectivity index (χ4n) is 5.28. The third-order valence-corrected chi connectivity index (χ3v) is 7.66. The van der Waals surface area contributed by atoms with Crippen molar-refractivity contribution in [3.63, 3.8) is 0 Å². The first-order valence-electron chi connectivity index (χ1n) is 16.8. The number of anilines is 1. The van der Waals surface area contributed by atoms with E-state index in [-0.39, 0.29) is 11.6 Å². The van der Waals surface area contributed by atoms with Gasteiger partial charge in [-0.1, -0.05) is 72.8 Å². The number of methoxy groups -OCH3 is 2. The fourth-order valence-corrected chi connectivity index (χ4v) is 5.28. The van der Waals surface area contributed by atoms with Crippen molar-refractivity contribution in [1.29, 1.82) is 0 Å². The van der Waals surface area contributed by atoms with Crippen LogP contribution in [0.25, 0.3) is 16.9 Å². The van der Waals surface area contributed by atoms with Crippen LogP contribution in [-0.4, -0.2) is 79.6 Å². The lowest BCUT2D eigenvalue weighted by molar-refractivity contribution is -0.135. The van der Waals surface area contributed by atoms with Crippen LogP contribution in [0.15, 0.2) is 42.5 Å². The van der Waals surface area contributed by atoms with Crippen molar-refractivity contribution in [1.82, 2.24) is 20.0 Å². The molecule has 10 heteroatoms. The van der Waals surface area contributed by atoms with Crippen LogP contribution in [0.4, 0.5) is 5.69 Å². The minimum absolute atomic E-state index is 0.0785. The van der Waals surface area contributed by atoms with E-state index in [1.54, 1.807) is 25.0 Å². The van der Waals surface area contributed by atoms with Crippen molar-refractivity contribution in [2.45, 2.75) is 79.1 Å². The van der Waals surface area contributed by atoms with E-state index in [4.69, 9.17) is 14.6 Å². The Kier molecular flexibility index (Phi) is 16.9. The molecule has 4 rings (SSSR count). The van der Waals surface area contributed by atoms with E-state index < -0.39 is 18.4 Å². The molecule has 260 valence electrons. The van der Waals surface area contributed by atoms with Gasteiger partial charge in [0.15, 0.2) is 5.69 Å². The highest BCUT2D eigenvalue weighted by Crippen LogP contribution is 2.40. The molecule has 0 unspecified atom stereocenters. The van der Waals surface area contributed by atoms with Crippen molar-refractivity contribution in [3.05, 3.63) is 53.7 Å². The van der Waals surface area contributed by atoms with Gasteiger partial charge in [-0.25, -0.2) is 4.68 Å². The van der Waals surface area contributed by atoms with Crippen molar-refractivity contribution in [2.75, 3.05) is 53.3 Å². The molecule has 0 atom stereocenters. The number of carboxylic acids is 1. The summed E-state index contributed by atoms with van der Waals surface area (Å²) in [4.78, 5) is 26.0. The van der Waals surface area contributed by atoms with Crippen LogP contribution >= 0.6 is 0 Å². The molecule has 1 saturated carbocycles. The number of benzene rings is 2. The van der Waals surface area contributed by atoms with E-state index in [1.807, 2.05) is 30.3 Å². The molecule has 0 aliphatic heterocycles. The number of rotatable bonds is 13. The summed E-state index contributed by atoms with van der Waals surface area (Å²) in [5, 5.41) is 19.5. The molecule has 1 aliphatic carbocycles. The lowest BCUT2D eigenvalue weighted by atomic mass is 9.99. The van der Waals surface area contributed by atoms with Crippen LogP contribution in [0, 0.1) is 5.92 Å². The predicted octanol–water partition coefficient (Wildman–Crippen LogP) is 7.47. The second kappa shape index (κ2) is 20.2. The molecular weight excluding hydrogens is 594 g/mol. The first-order chi connectivity index (χ1) is 22.5. The van der Waals surface area contributed by atoms with E-state index in [0.29, 0.717) is 22.8 Å². The maximum atomic E-state index is 12.8. The van der Waals surface area contributed by atoms with Gasteiger partial charge in [-0.05, 0) is 80.9 Å². The summed E-state index contributed by atoms with van der Waals surface area (Å²) in [5.41, 5.74) is 4.10. The number of aliphatic carboxylic acids is 1. The molecule has 0 radical (unpaired) electrons. The number of carboxylic acid groups (broad SMARTS) is 1. The third kappa shape index (κ3) is 12.2. The summed E-state index contributed by atoms with van der Waals surface area (Å²) in [6.45, 7) is 12.1. The maximum Gasteiger partial charge on any atom is 0.322 e. The smallest absolute Gasteiger partial charge is 0.322 e. The molecule has 3 N–H and O–H groups in total. The number of carbonyl (C=O) groups is 2. The van der Waals surface area contributed by atoms with Gasteiger partial charge in [0.1, 0.15) is 18.0 Å². The molecule has 2 aromatic carbocycles. The first-order valence-corrected chi connectivity index (χ1v) is 16.8. The van der Waals surface area contributed by atoms with Gasteiger partial charge in [0.25, 0.3) is 5.91 Å². The number of nitrogens with one attached hydrogen (secondary N) is 2. The number of nitrogens with zero attached hydrogens (tertiary/aromatic N) is 3. The zero-order valence-electron chi connectivity index (χ0n) is 30.0. The lowest BCUT2D eigenvalue weighted by Crippen LogP contribution is -2.29. The maximum absolute atomic E-state index is 12.8. The molecule has 1 heterocycles. The van der Waals surface area contributed by atoms with Crippen LogP contribution in [-0.2, 0) is 4.79 Å². The zero-order valence-corrected chi connectivity index (χ0v) is 30.0. The Morgan fingerprint density at radius 2 is 1.66 bits per heavy atom. The van der Waals surface area contributed by atoms with Gasteiger partial charge in [0.2, 0.25) is 0 Å². The van der Waals surface area contributed by atoms with E-state index in [1.165, 1.54) is 32.1 Å². The quantitative estimate of drug-likeness (QED) is 0.163. The van der Waals surface area contributed by atoms with Gasteiger partial charge in [0.05, 0.1) is 31.2 Å². The topological polar surface area (TPSA) is 118 Å². The molecule has 1 aliphatic rings. The molecule has 0 spiro atoms. The summed E-state index contributed by atoms with van der Waals surface area (Å²) >= 11 is 0. The number of carbonyl (C=O) groups excluding carboxylic acids is 1. The summed E-state index contributed by atoms with van der Waals surface area (Å²) in [7, 11) is 7.24. The molecule has 47 heavy (non-hydrogen) atoms. The van der Waals surface area contributed by atoms with Crippen LogP contribution in [0.3, 0.4) is 0 Å². The molecule has 0 saturated heterocycles. The summed E-state index contributed by atoms with van der Waals surface area (Å²) < 4.78 is 13.0. The molecule has 3 aromatic rings. The van der Waals surface area contributed by atoms with E-state index in [2.05, 4.69) is 75.4 Å². The highest BCUT2D eigenvalue weighted by atomic mass is 16.5. The van der Waals surface area contributed by atoms with Crippen molar-refractivity contribution in [3.8, 4) is 28.4 Å². The van der Waals surface area contributed by atoms with Crippen molar-refractivity contribution < 1.29 is 24.2 Å². The minimum Gasteiger partial charge on any atom is -0.496 e. The first kappa shape index (κ1) is 39.1. The van der Waals surface area contributed by atoms with Crippen LogP contribution in [0.5, 0.6) is 11.5 Å². The standard InChI is InChI=1S/C28H37N5O5.C6H12.C3H8/c1-18(2)20-15-19(29-13-8-14-32(3)4)11-12-22(20)33-23(16-21(31-33)28(36)30-17-26(34)35)27-24(37-5)9-7-10-25(27)38-6;1-6-4-2-3-5-6;1-3-2/h7,9-12,15-16,18,29H,8,13-14,17H2,1-6H3,(H,30,36)(H,34,35);6H,2-5H2,1H3;3H2,1-2H3. The van der Waals surface area contributed by atoms with Gasteiger partial charge >= 0.3 is 5.97 Å². The second-order valence-electron chi connectivity index (χ2n) is 12.5. The van der Waals surface area contributed by atoms with Crippen LogP contribution in [0.2, 0.25) is 0 Å². The molecule has 1 amide bonds. The summed E-state index contributed by atoms with van der Waals surface area (Å²) in [6, 6.07) is 13.1. The highest BCUT2D eigenvalue weighted by Gasteiger charge is 2.24.